The van der Waals surface area contributed by atoms with Crippen molar-refractivity contribution in [1.29, 1.82) is 0 Å². The van der Waals surface area contributed by atoms with Crippen LogP contribution in [0.5, 0.6) is 0 Å². The molecule has 162 valence electrons. The Bertz CT molecular complexity index is 826. The fourth-order valence-corrected chi connectivity index (χ4v) is 2.88. The highest BCUT2D eigenvalue weighted by molar-refractivity contribution is 5.90. The standard InChI is InChI=1S/C14H16FN5O3.C4H6O3/c15-12-7-10(1-2-13(12)19-3-5-22-6-4-19)20-9-11(8-17-18-16)23-14(20)21;1-3(5)7-4(2)6/h1-2,7,11H,3-6,8-9H2;1-2H3/t11-;/m0./s1. The highest BCUT2D eigenvalue weighted by atomic mass is 19.1. The fraction of sp³-hybridized carbons (Fsp3) is 0.500. The van der Waals surface area contributed by atoms with Crippen molar-refractivity contribution in [2.75, 3.05) is 49.2 Å². The molecule has 1 aromatic rings. The Morgan fingerprint density at radius 2 is 1.97 bits per heavy atom. The molecule has 2 fully saturated rings. The van der Waals surface area contributed by atoms with Gasteiger partial charge < -0.3 is 19.1 Å². The van der Waals surface area contributed by atoms with Crippen molar-refractivity contribution in [3.8, 4) is 0 Å². The van der Waals surface area contributed by atoms with Crippen LogP contribution in [0.4, 0.5) is 20.6 Å². The summed E-state index contributed by atoms with van der Waals surface area (Å²) in [7, 11) is 0. The number of carbonyl (C=O) groups is 3. The van der Waals surface area contributed by atoms with E-state index in [9.17, 15) is 18.8 Å². The summed E-state index contributed by atoms with van der Waals surface area (Å²) in [4.78, 5) is 37.4. The third-order valence-corrected chi connectivity index (χ3v) is 4.10. The summed E-state index contributed by atoms with van der Waals surface area (Å²) in [5, 5.41) is 3.39. The Morgan fingerprint density at radius 1 is 1.30 bits per heavy atom. The number of benzene rings is 1. The maximum absolute atomic E-state index is 14.4. The second kappa shape index (κ2) is 11.0. The smallest absolute Gasteiger partial charge is 0.414 e. The molecule has 11 nitrogen and oxygen atoms in total. The van der Waals surface area contributed by atoms with Crippen LogP contribution in [0.15, 0.2) is 23.3 Å². The van der Waals surface area contributed by atoms with E-state index in [1.54, 1.807) is 12.1 Å². The third-order valence-electron chi connectivity index (χ3n) is 4.10. The number of amides is 1. The number of esters is 2. The molecule has 1 amide bonds. The molecule has 30 heavy (non-hydrogen) atoms. The lowest BCUT2D eigenvalue weighted by molar-refractivity contribution is -0.156. The normalized spacial score (nSPS) is 18.0. The molecule has 1 aromatic carbocycles. The first-order chi connectivity index (χ1) is 14.3. The molecule has 0 spiro atoms. The zero-order valence-electron chi connectivity index (χ0n) is 16.6. The molecular weight excluding hydrogens is 401 g/mol. The van der Waals surface area contributed by atoms with E-state index in [4.69, 9.17) is 15.0 Å². The summed E-state index contributed by atoms with van der Waals surface area (Å²) in [6, 6.07) is 4.66. The van der Waals surface area contributed by atoms with E-state index in [0.29, 0.717) is 37.7 Å². The average molecular weight is 423 g/mol. The monoisotopic (exact) mass is 423 g/mol. The van der Waals surface area contributed by atoms with E-state index < -0.39 is 30.0 Å². The number of morpholine rings is 1. The van der Waals surface area contributed by atoms with Crippen molar-refractivity contribution in [2.24, 2.45) is 5.11 Å². The molecule has 2 heterocycles. The fourth-order valence-electron chi connectivity index (χ4n) is 2.88. The summed E-state index contributed by atoms with van der Waals surface area (Å²) in [5.41, 5.74) is 9.23. The van der Waals surface area contributed by atoms with Gasteiger partial charge in [-0.25, -0.2) is 9.18 Å². The van der Waals surface area contributed by atoms with E-state index in [1.165, 1.54) is 24.8 Å². The summed E-state index contributed by atoms with van der Waals surface area (Å²) in [6.07, 6.45) is -1.08. The van der Waals surface area contributed by atoms with Gasteiger partial charge >= 0.3 is 18.0 Å². The van der Waals surface area contributed by atoms with Crippen LogP contribution in [0.1, 0.15) is 13.8 Å². The first-order valence-corrected chi connectivity index (χ1v) is 9.12. The van der Waals surface area contributed by atoms with Crippen molar-refractivity contribution in [3.63, 3.8) is 0 Å². The SMILES string of the molecule is CC(=O)OC(C)=O.[N-]=[N+]=NC[C@H]1CN(c2ccc(N3CCOCC3)c(F)c2)C(=O)O1. The maximum Gasteiger partial charge on any atom is 0.414 e. The van der Waals surface area contributed by atoms with Gasteiger partial charge in [0, 0.05) is 31.8 Å². The second-order valence-electron chi connectivity index (χ2n) is 6.35. The van der Waals surface area contributed by atoms with E-state index in [-0.39, 0.29) is 13.1 Å². The van der Waals surface area contributed by atoms with Crippen LogP contribution in [0, 0.1) is 5.82 Å². The topological polar surface area (TPSA) is 134 Å². The summed E-state index contributed by atoms with van der Waals surface area (Å²) >= 11 is 0. The molecule has 1 atom stereocenters. The zero-order chi connectivity index (χ0) is 22.1. The predicted molar refractivity (Wildman–Crippen MR) is 104 cm³/mol. The molecule has 0 aliphatic carbocycles. The minimum absolute atomic E-state index is 0.0626. The summed E-state index contributed by atoms with van der Waals surface area (Å²) in [5.74, 6) is -1.52. The van der Waals surface area contributed by atoms with Crippen LogP contribution >= 0.6 is 0 Å². The number of rotatable bonds is 4. The highest BCUT2D eigenvalue weighted by Crippen LogP contribution is 2.28. The quantitative estimate of drug-likeness (QED) is 0.239. The predicted octanol–water partition coefficient (Wildman–Crippen LogP) is 2.39. The minimum atomic E-state index is -0.568. The largest absolute Gasteiger partial charge is 0.444 e. The van der Waals surface area contributed by atoms with Gasteiger partial charge in [0.05, 0.1) is 37.7 Å². The van der Waals surface area contributed by atoms with Crippen molar-refractivity contribution in [1.82, 2.24) is 0 Å². The molecule has 0 bridgehead atoms. The molecule has 2 aliphatic rings. The van der Waals surface area contributed by atoms with Crippen LogP contribution < -0.4 is 9.80 Å². The van der Waals surface area contributed by atoms with Gasteiger partial charge in [0.1, 0.15) is 11.9 Å². The number of hydrogen-bond donors (Lipinski definition) is 0. The van der Waals surface area contributed by atoms with E-state index >= 15 is 0 Å². The average Bonchev–Trinajstić information content (AvgIpc) is 3.07. The lowest BCUT2D eigenvalue weighted by atomic mass is 10.2. The van der Waals surface area contributed by atoms with Gasteiger partial charge in [-0.1, -0.05) is 5.11 Å². The second-order valence-corrected chi connectivity index (χ2v) is 6.35. The van der Waals surface area contributed by atoms with E-state index in [0.717, 1.165) is 0 Å². The van der Waals surface area contributed by atoms with Crippen LogP contribution in [-0.4, -0.2) is 63.5 Å². The molecule has 0 N–H and O–H groups in total. The lowest BCUT2D eigenvalue weighted by Crippen LogP contribution is -2.36. The summed E-state index contributed by atoms with van der Waals surface area (Å²) < 4.78 is 28.7. The molecule has 0 aromatic heterocycles. The molecular formula is C18H22FN5O6. The maximum atomic E-state index is 14.4. The number of azide groups is 1. The Hall–Kier alpha value is -3.37. The minimum Gasteiger partial charge on any atom is -0.444 e. The van der Waals surface area contributed by atoms with Crippen LogP contribution in [0.2, 0.25) is 0 Å². The Kier molecular flexibility index (Phi) is 8.39. The van der Waals surface area contributed by atoms with Gasteiger partial charge in [0.2, 0.25) is 0 Å². The number of halogens is 1. The Labute approximate surface area is 171 Å². The van der Waals surface area contributed by atoms with Gasteiger partial charge in [0.25, 0.3) is 0 Å². The van der Waals surface area contributed by atoms with Crippen molar-refractivity contribution in [2.45, 2.75) is 20.0 Å². The Balaban J connectivity index is 0.000000396. The van der Waals surface area contributed by atoms with Gasteiger partial charge in [-0.3, -0.25) is 14.5 Å². The van der Waals surface area contributed by atoms with E-state index in [2.05, 4.69) is 14.8 Å². The van der Waals surface area contributed by atoms with E-state index in [1.807, 2.05) is 4.90 Å². The highest BCUT2D eigenvalue weighted by Gasteiger charge is 2.32. The van der Waals surface area contributed by atoms with Gasteiger partial charge in [-0.2, -0.15) is 0 Å². The number of anilines is 2. The molecule has 0 radical (unpaired) electrons. The number of hydrogen-bond acceptors (Lipinski definition) is 8. The molecule has 2 saturated heterocycles. The number of cyclic esters (lactones) is 1. The number of carbonyl (C=O) groups excluding carboxylic acids is 3. The third kappa shape index (κ3) is 6.61. The zero-order valence-corrected chi connectivity index (χ0v) is 16.6. The van der Waals surface area contributed by atoms with Crippen molar-refractivity contribution in [3.05, 3.63) is 34.5 Å². The van der Waals surface area contributed by atoms with Crippen LogP contribution in [0.3, 0.4) is 0 Å². The van der Waals surface area contributed by atoms with Crippen molar-refractivity contribution >= 4 is 29.4 Å². The van der Waals surface area contributed by atoms with Crippen molar-refractivity contribution < 1.29 is 33.0 Å². The molecule has 0 unspecified atom stereocenters. The number of nitrogens with zero attached hydrogens (tertiary/aromatic N) is 5. The van der Waals surface area contributed by atoms with Gasteiger partial charge in [0.15, 0.2) is 0 Å². The van der Waals surface area contributed by atoms with Gasteiger partial charge in [-0.05, 0) is 23.7 Å². The lowest BCUT2D eigenvalue weighted by Gasteiger charge is -2.29. The van der Waals surface area contributed by atoms with Crippen LogP contribution in [-0.2, 0) is 23.8 Å². The van der Waals surface area contributed by atoms with Crippen LogP contribution in [0.25, 0.3) is 10.4 Å². The number of ether oxygens (including phenoxy) is 3. The Morgan fingerprint density at radius 3 is 2.50 bits per heavy atom. The molecule has 0 saturated carbocycles. The molecule has 2 aliphatic heterocycles. The molecule has 3 rings (SSSR count). The first-order valence-electron chi connectivity index (χ1n) is 9.12. The van der Waals surface area contributed by atoms with Gasteiger partial charge in [-0.15, -0.1) is 0 Å². The molecule has 12 heteroatoms. The summed E-state index contributed by atoms with van der Waals surface area (Å²) in [6.45, 7) is 5.07. The first kappa shape index (κ1) is 22.9.